The Kier molecular flexibility index (Phi) is 5.77. The predicted molar refractivity (Wildman–Crippen MR) is 99.4 cm³/mol. The highest BCUT2D eigenvalue weighted by atomic mass is 32.1. The molecule has 2 aliphatic rings. The number of likely N-dealkylation sites (tertiary alicyclic amines) is 1. The third kappa shape index (κ3) is 4.22. The van der Waals surface area contributed by atoms with Crippen molar-refractivity contribution in [2.75, 3.05) is 13.6 Å². The summed E-state index contributed by atoms with van der Waals surface area (Å²) in [5.41, 5.74) is 0.962. The summed E-state index contributed by atoms with van der Waals surface area (Å²) in [6.45, 7) is 5.42. The predicted octanol–water partition coefficient (Wildman–Crippen LogP) is 3.41. The van der Waals surface area contributed by atoms with Crippen molar-refractivity contribution in [1.82, 2.24) is 14.8 Å². The average molecular weight is 364 g/mol. The topological polar surface area (TPSA) is 53.5 Å². The molecule has 2 fully saturated rings. The van der Waals surface area contributed by atoms with Gasteiger partial charge in [-0.3, -0.25) is 9.59 Å². The molecule has 1 aromatic heterocycles. The monoisotopic (exact) mass is 363 g/mol. The molecule has 1 aliphatic heterocycles. The second kappa shape index (κ2) is 7.85. The minimum absolute atomic E-state index is 0.0634. The molecule has 138 valence electrons. The lowest BCUT2D eigenvalue weighted by atomic mass is 9.94. The molecule has 0 radical (unpaired) electrons. The van der Waals surface area contributed by atoms with E-state index in [1.54, 1.807) is 16.2 Å². The fraction of sp³-hybridized carbons (Fsp3) is 0.737. The Morgan fingerprint density at radius 2 is 2.08 bits per heavy atom. The van der Waals surface area contributed by atoms with Gasteiger partial charge in [0.15, 0.2) is 0 Å². The van der Waals surface area contributed by atoms with E-state index < -0.39 is 0 Å². The van der Waals surface area contributed by atoms with E-state index in [-0.39, 0.29) is 17.7 Å². The number of piperidine rings is 1. The molecular formula is C19H29N3O2S. The standard InChI is InChI=1S/C19H29N3O2S/c1-13(2)18-20-15(12-25-18)11-21(3)19(24)14-8-9-17(23)22(10-14)16-6-4-5-7-16/h12-14,16H,4-11H2,1-3H3/t14-/m1/s1. The Bertz CT molecular complexity index is 622. The largest absolute Gasteiger partial charge is 0.340 e. The molecule has 1 aliphatic carbocycles. The molecule has 0 N–H and O–H groups in total. The van der Waals surface area contributed by atoms with Gasteiger partial charge in [-0.15, -0.1) is 11.3 Å². The molecule has 1 saturated carbocycles. The number of aromatic nitrogens is 1. The molecule has 0 bridgehead atoms. The molecular weight excluding hydrogens is 334 g/mol. The van der Waals surface area contributed by atoms with E-state index in [9.17, 15) is 9.59 Å². The van der Waals surface area contributed by atoms with Crippen LogP contribution in [0.3, 0.4) is 0 Å². The van der Waals surface area contributed by atoms with Gasteiger partial charge in [0.25, 0.3) is 0 Å². The summed E-state index contributed by atoms with van der Waals surface area (Å²) in [7, 11) is 1.85. The van der Waals surface area contributed by atoms with Crippen molar-refractivity contribution in [2.45, 2.75) is 70.9 Å². The number of carbonyl (C=O) groups excluding carboxylic acids is 2. The second-order valence-electron chi connectivity index (χ2n) is 7.75. The lowest BCUT2D eigenvalue weighted by Gasteiger charge is -2.37. The van der Waals surface area contributed by atoms with E-state index in [1.165, 1.54) is 12.8 Å². The fourth-order valence-corrected chi connectivity index (χ4v) is 4.76. The quantitative estimate of drug-likeness (QED) is 0.805. The lowest BCUT2D eigenvalue weighted by molar-refractivity contribution is -0.144. The van der Waals surface area contributed by atoms with Crippen LogP contribution in [-0.4, -0.2) is 46.2 Å². The van der Waals surface area contributed by atoms with E-state index >= 15 is 0 Å². The third-order valence-electron chi connectivity index (χ3n) is 5.40. The molecule has 5 nitrogen and oxygen atoms in total. The summed E-state index contributed by atoms with van der Waals surface area (Å²) in [5, 5.41) is 3.17. The number of thiazole rings is 1. The van der Waals surface area contributed by atoms with Gasteiger partial charge >= 0.3 is 0 Å². The number of hydrogen-bond donors (Lipinski definition) is 0. The van der Waals surface area contributed by atoms with Crippen LogP contribution < -0.4 is 0 Å². The molecule has 25 heavy (non-hydrogen) atoms. The Hall–Kier alpha value is -1.43. The van der Waals surface area contributed by atoms with E-state index in [4.69, 9.17) is 0 Å². The first-order valence-electron chi connectivity index (χ1n) is 9.44. The summed E-state index contributed by atoms with van der Waals surface area (Å²) >= 11 is 1.66. The summed E-state index contributed by atoms with van der Waals surface area (Å²) in [5.74, 6) is 0.741. The molecule has 0 spiro atoms. The zero-order valence-electron chi connectivity index (χ0n) is 15.5. The third-order valence-corrected chi connectivity index (χ3v) is 6.59. The summed E-state index contributed by atoms with van der Waals surface area (Å²) in [6, 6.07) is 0.362. The summed E-state index contributed by atoms with van der Waals surface area (Å²) in [6.07, 6.45) is 5.79. The van der Waals surface area contributed by atoms with Crippen molar-refractivity contribution in [2.24, 2.45) is 5.92 Å². The molecule has 6 heteroatoms. The SMILES string of the molecule is CC(C)c1nc(CN(C)C(=O)[C@@H]2CCC(=O)N(C3CCCC3)C2)cs1. The van der Waals surface area contributed by atoms with Crippen LogP contribution in [0, 0.1) is 5.92 Å². The number of nitrogens with zero attached hydrogens (tertiary/aromatic N) is 3. The van der Waals surface area contributed by atoms with Crippen LogP contribution in [0.2, 0.25) is 0 Å². The average Bonchev–Trinajstić information content (AvgIpc) is 3.26. The van der Waals surface area contributed by atoms with Crippen LogP contribution in [-0.2, 0) is 16.1 Å². The van der Waals surface area contributed by atoms with Gasteiger partial charge in [0.05, 0.1) is 23.2 Å². The molecule has 1 aromatic rings. The molecule has 0 unspecified atom stereocenters. The summed E-state index contributed by atoms with van der Waals surface area (Å²) < 4.78 is 0. The van der Waals surface area contributed by atoms with Gasteiger partial charge in [-0.05, 0) is 19.3 Å². The van der Waals surface area contributed by atoms with E-state index in [2.05, 4.69) is 18.8 Å². The highest BCUT2D eigenvalue weighted by molar-refractivity contribution is 7.09. The van der Waals surface area contributed by atoms with Crippen molar-refractivity contribution in [3.8, 4) is 0 Å². The first-order valence-corrected chi connectivity index (χ1v) is 10.3. The second-order valence-corrected chi connectivity index (χ2v) is 8.64. The van der Waals surface area contributed by atoms with Crippen molar-refractivity contribution in [3.63, 3.8) is 0 Å². The van der Waals surface area contributed by atoms with Gasteiger partial charge in [0.2, 0.25) is 11.8 Å². The van der Waals surface area contributed by atoms with Gasteiger partial charge in [0, 0.05) is 37.4 Å². The number of rotatable bonds is 5. The normalized spacial score (nSPS) is 22.0. The molecule has 1 atom stereocenters. The van der Waals surface area contributed by atoms with Gasteiger partial charge in [0.1, 0.15) is 0 Å². The van der Waals surface area contributed by atoms with Crippen molar-refractivity contribution < 1.29 is 9.59 Å². The Morgan fingerprint density at radius 3 is 2.72 bits per heavy atom. The Labute approximate surface area is 154 Å². The van der Waals surface area contributed by atoms with E-state index in [0.29, 0.717) is 37.9 Å². The minimum Gasteiger partial charge on any atom is -0.340 e. The van der Waals surface area contributed by atoms with Gasteiger partial charge in [-0.2, -0.15) is 0 Å². The van der Waals surface area contributed by atoms with Crippen molar-refractivity contribution in [1.29, 1.82) is 0 Å². The molecule has 2 heterocycles. The van der Waals surface area contributed by atoms with Gasteiger partial charge < -0.3 is 9.80 Å². The van der Waals surface area contributed by atoms with Crippen molar-refractivity contribution in [3.05, 3.63) is 16.1 Å². The highest BCUT2D eigenvalue weighted by Gasteiger charge is 2.36. The molecule has 1 saturated heterocycles. The molecule has 0 aromatic carbocycles. The van der Waals surface area contributed by atoms with Gasteiger partial charge in [-0.25, -0.2) is 4.98 Å². The van der Waals surface area contributed by atoms with Crippen LogP contribution in [0.5, 0.6) is 0 Å². The first-order chi connectivity index (χ1) is 12.0. The number of amides is 2. The fourth-order valence-electron chi connectivity index (χ4n) is 3.94. The molecule has 3 rings (SSSR count). The first kappa shape index (κ1) is 18.4. The zero-order valence-corrected chi connectivity index (χ0v) is 16.3. The maximum absolute atomic E-state index is 12.9. The maximum atomic E-state index is 12.9. The molecule has 2 amide bonds. The summed E-state index contributed by atoms with van der Waals surface area (Å²) in [4.78, 5) is 33.5. The van der Waals surface area contributed by atoms with Crippen LogP contribution in [0.25, 0.3) is 0 Å². The maximum Gasteiger partial charge on any atom is 0.227 e. The van der Waals surface area contributed by atoms with E-state index in [1.807, 2.05) is 17.3 Å². The number of carbonyl (C=O) groups is 2. The number of hydrogen-bond acceptors (Lipinski definition) is 4. The van der Waals surface area contributed by atoms with Crippen molar-refractivity contribution >= 4 is 23.2 Å². The van der Waals surface area contributed by atoms with Crippen LogP contribution in [0.4, 0.5) is 0 Å². The van der Waals surface area contributed by atoms with Crippen LogP contribution in [0.15, 0.2) is 5.38 Å². The van der Waals surface area contributed by atoms with E-state index in [0.717, 1.165) is 23.5 Å². The lowest BCUT2D eigenvalue weighted by Crippen LogP contribution is -2.49. The Morgan fingerprint density at radius 1 is 1.36 bits per heavy atom. The van der Waals surface area contributed by atoms with Gasteiger partial charge in [-0.1, -0.05) is 26.7 Å². The minimum atomic E-state index is -0.0634. The highest BCUT2D eigenvalue weighted by Crippen LogP contribution is 2.29. The van der Waals surface area contributed by atoms with Crippen LogP contribution in [0.1, 0.15) is 69.0 Å². The Balaban J connectivity index is 1.59. The zero-order chi connectivity index (χ0) is 18.0. The smallest absolute Gasteiger partial charge is 0.227 e. The van der Waals surface area contributed by atoms with Crippen LogP contribution >= 0.6 is 11.3 Å².